The number of carbonyl (C=O) groups excluding carboxylic acids is 1. The van der Waals surface area contributed by atoms with E-state index in [9.17, 15) is 4.79 Å². The van der Waals surface area contributed by atoms with E-state index < -0.39 is 6.10 Å². The summed E-state index contributed by atoms with van der Waals surface area (Å²) in [6.07, 6.45) is 1.82. The quantitative estimate of drug-likeness (QED) is 0.610. The Bertz CT molecular complexity index is 155. The summed E-state index contributed by atoms with van der Waals surface area (Å²) < 4.78 is 5.42. The second kappa shape index (κ2) is 4.42. The molecule has 1 saturated heterocycles. The van der Waals surface area contributed by atoms with Gasteiger partial charge in [-0.05, 0) is 26.3 Å². The third kappa shape index (κ3) is 2.79. The standard InChI is InChI=1S/C8H16N2O2/c1-6(8(9)11)12-7-3-2-4-10-5-7/h6-7,10H,2-5H2,1H3,(H2,9,11)/t6-,7+/m0/s1. The average Bonchev–Trinajstić information content (AvgIpc) is 2.06. The molecule has 0 aromatic heterocycles. The van der Waals surface area contributed by atoms with E-state index in [0.717, 1.165) is 25.9 Å². The maximum atomic E-state index is 10.6. The van der Waals surface area contributed by atoms with Crippen molar-refractivity contribution in [3.63, 3.8) is 0 Å². The van der Waals surface area contributed by atoms with Gasteiger partial charge in [0, 0.05) is 6.54 Å². The van der Waals surface area contributed by atoms with E-state index in [2.05, 4.69) is 5.32 Å². The second-order valence-corrected chi connectivity index (χ2v) is 3.15. The molecule has 12 heavy (non-hydrogen) atoms. The summed E-state index contributed by atoms with van der Waals surface area (Å²) in [6, 6.07) is 0. The molecule has 0 aliphatic carbocycles. The number of ether oxygens (including phenoxy) is 1. The Morgan fingerprint density at radius 1 is 1.75 bits per heavy atom. The van der Waals surface area contributed by atoms with Crippen molar-refractivity contribution in [3.05, 3.63) is 0 Å². The molecule has 1 fully saturated rings. The SMILES string of the molecule is C[C@H](O[C@@H]1CCCNC1)C(N)=O. The van der Waals surface area contributed by atoms with Crippen LogP contribution in [-0.4, -0.2) is 31.2 Å². The Labute approximate surface area is 72.5 Å². The number of hydrogen-bond donors (Lipinski definition) is 2. The van der Waals surface area contributed by atoms with E-state index in [-0.39, 0.29) is 12.0 Å². The topological polar surface area (TPSA) is 64.3 Å². The van der Waals surface area contributed by atoms with Crippen LogP contribution in [0.1, 0.15) is 19.8 Å². The van der Waals surface area contributed by atoms with E-state index in [1.807, 2.05) is 0 Å². The molecule has 1 aliphatic heterocycles. The van der Waals surface area contributed by atoms with Crippen LogP contribution >= 0.6 is 0 Å². The van der Waals surface area contributed by atoms with Crippen LogP contribution in [0, 0.1) is 0 Å². The number of nitrogens with one attached hydrogen (secondary N) is 1. The first kappa shape index (κ1) is 9.48. The van der Waals surface area contributed by atoms with Crippen LogP contribution in [0.25, 0.3) is 0 Å². The zero-order valence-corrected chi connectivity index (χ0v) is 7.38. The van der Waals surface area contributed by atoms with Crippen LogP contribution in [0.5, 0.6) is 0 Å². The largest absolute Gasteiger partial charge is 0.367 e. The lowest BCUT2D eigenvalue weighted by Gasteiger charge is -2.25. The predicted molar refractivity (Wildman–Crippen MR) is 45.6 cm³/mol. The molecular formula is C8H16N2O2. The molecular weight excluding hydrogens is 156 g/mol. The highest BCUT2D eigenvalue weighted by atomic mass is 16.5. The Kier molecular flexibility index (Phi) is 3.49. The minimum Gasteiger partial charge on any atom is -0.367 e. The van der Waals surface area contributed by atoms with Gasteiger partial charge in [-0.2, -0.15) is 0 Å². The monoisotopic (exact) mass is 172 g/mol. The van der Waals surface area contributed by atoms with Gasteiger partial charge >= 0.3 is 0 Å². The van der Waals surface area contributed by atoms with Gasteiger partial charge in [0.25, 0.3) is 0 Å². The summed E-state index contributed by atoms with van der Waals surface area (Å²) in [5.41, 5.74) is 5.07. The highest BCUT2D eigenvalue weighted by molar-refractivity contribution is 5.78. The van der Waals surface area contributed by atoms with Gasteiger partial charge in [0.1, 0.15) is 6.10 Å². The number of carbonyl (C=O) groups is 1. The molecule has 3 N–H and O–H groups in total. The lowest BCUT2D eigenvalue weighted by Crippen LogP contribution is -2.40. The van der Waals surface area contributed by atoms with Crippen molar-refractivity contribution in [2.75, 3.05) is 13.1 Å². The van der Waals surface area contributed by atoms with Gasteiger partial charge in [-0.25, -0.2) is 0 Å². The number of primary amides is 1. The fraction of sp³-hybridized carbons (Fsp3) is 0.875. The Balaban J connectivity index is 2.24. The highest BCUT2D eigenvalue weighted by Gasteiger charge is 2.18. The predicted octanol–water partition coefficient (Wildman–Crippen LogP) is -0.371. The van der Waals surface area contributed by atoms with Crippen LogP contribution < -0.4 is 11.1 Å². The molecule has 0 unspecified atom stereocenters. The molecule has 0 radical (unpaired) electrons. The third-order valence-corrected chi connectivity index (χ3v) is 2.05. The van der Waals surface area contributed by atoms with Crippen LogP contribution in [0.3, 0.4) is 0 Å². The minimum absolute atomic E-state index is 0.154. The van der Waals surface area contributed by atoms with Gasteiger partial charge in [0.15, 0.2) is 0 Å². The van der Waals surface area contributed by atoms with Crippen molar-refractivity contribution >= 4 is 5.91 Å². The van der Waals surface area contributed by atoms with Gasteiger partial charge < -0.3 is 15.8 Å². The summed E-state index contributed by atoms with van der Waals surface area (Å²) in [5, 5.41) is 3.20. The summed E-state index contributed by atoms with van der Waals surface area (Å²) in [7, 11) is 0. The molecule has 0 spiro atoms. The zero-order chi connectivity index (χ0) is 8.97. The molecule has 2 atom stereocenters. The normalized spacial score (nSPS) is 26.6. The molecule has 1 aliphatic rings. The van der Waals surface area contributed by atoms with Crippen molar-refractivity contribution in [3.8, 4) is 0 Å². The Morgan fingerprint density at radius 2 is 2.50 bits per heavy atom. The molecule has 4 heteroatoms. The van der Waals surface area contributed by atoms with E-state index in [4.69, 9.17) is 10.5 Å². The molecule has 0 aromatic carbocycles. The molecule has 0 saturated carbocycles. The van der Waals surface area contributed by atoms with Gasteiger partial charge in [0.2, 0.25) is 5.91 Å². The van der Waals surface area contributed by atoms with Crippen LogP contribution in [-0.2, 0) is 9.53 Å². The van der Waals surface area contributed by atoms with E-state index in [1.165, 1.54) is 0 Å². The van der Waals surface area contributed by atoms with Crippen LogP contribution in [0.15, 0.2) is 0 Å². The van der Waals surface area contributed by atoms with E-state index in [1.54, 1.807) is 6.92 Å². The van der Waals surface area contributed by atoms with Crippen molar-refractivity contribution in [1.82, 2.24) is 5.32 Å². The maximum Gasteiger partial charge on any atom is 0.246 e. The van der Waals surface area contributed by atoms with E-state index >= 15 is 0 Å². The van der Waals surface area contributed by atoms with Gasteiger partial charge in [-0.15, -0.1) is 0 Å². The number of nitrogens with two attached hydrogens (primary N) is 1. The van der Waals surface area contributed by atoms with Gasteiger partial charge in [0.05, 0.1) is 6.10 Å². The Hall–Kier alpha value is -0.610. The number of piperidine rings is 1. The molecule has 4 nitrogen and oxygen atoms in total. The Morgan fingerprint density at radius 3 is 3.00 bits per heavy atom. The molecule has 1 rings (SSSR count). The minimum atomic E-state index is -0.463. The smallest absolute Gasteiger partial charge is 0.246 e. The lowest BCUT2D eigenvalue weighted by atomic mass is 10.1. The first-order valence-corrected chi connectivity index (χ1v) is 4.35. The van der Waals surface area contributed by atoms with Crippen LogP contribution in [0.4, 0.5) is 0 Å². The number of rotatable bonds is 3. The molecule has 0 bridgehead atoms. The summed E-state index contributed by atoms with van der Waals surface area (Å²) in [4.78, 5) is 10.6. The number of hydrogen-bond acceptors (Lipinski definition) is 3. The van der Waals surface area contributed by atoms with Crippen molar-refractivity contribution in [2.45, 2.75) is 32.0 Å². The third-order valence-electron chi connectivity index (χ3n) is 2.05. The summed E-state index contributed by atoms with van der Waals surface area (Å²) in [5.74, 6) is -0.388. The number of amides is 1. The van der Waals surface area contributed by atoms with Crippen molar-refractivity contribution in [2.24, 2.45) is 5.73 Å². The van der Waals surface area contributed by atoms with Gasteiger partial charge in [-0.1, -0.05) is 0 Å². The zero-order valence-electron chi connectivity index (χ0n) is 7.38. The first-order chi connectivity index (χ1) is 5.70. The maximum absolute atomic E-state index is 10.6. The first-order valence-electron chi connectivity index (χ1n) is 4.35. The summed E-state index contributed by atoms with van der Waals surface area (Å²) >= 11 is 0. The van der Waals surface area contributed by atoms with E-state index in [0.29, 0.717) is 0 Å². The molecule has 1 amide bonds. The van der Waals surface area contributed by atoms with Crippen molar-refractivity contribution in [1.29, 1.82) is 0 Å². The van der Waals surface area contributed by atoms with Crippen molar-refractivity contribution < 1.29 is 9.53 Å². The van der Waals surface area contributed by atoms with Gasteiger partial charge in [-0.3, -0.25) is 4.79 Å². The fourth-order valence-electron chi connectivity index (χ4n) is 1.29. The second-order valence-electron chi connectivity index (χ2n) is 3.15. The molecule has 70 valence electrons. The molecule has 0 aromatic rings. The van der Waals surface area contributed by atoms with Crippen LogP contribution in [0.2, 0.25) is 0 Å². The fourth-order valence-corrected chi connectivity index (χ4v) is 1.29. The lowest BCUT2D eigenvalue weighted by molar-refractivity contribution is -0.132. The summed E-state index contributed by atoms with van der Waals surface area (Å²) in [6.45, 7) is 3.57. The highest BCUT2D eigenvalue weighted by Crippen LogP contribution is 2.08. The molecule has 1 heterocycles. The average molecular weight is 172 g/mol.